The molecule has 3 amide bonds. The van der Waals surface area contributed by atoms with Gasteiger partial charge in [-0.1, -0.05) is 47.5 Å². The summed E-state index contributed by atoms with van der Waals surface area (Å²) in [6, 6.07) is 18.4. The van der Waals surface area contributed by atoms with E-state index in [1.165, 1.54) is 12.0 Å². The van der Waals surface area contributed by atoms with Gasteiger partial charge in [-0.25, -0.2) is 4.79 Å². The molecule has 0 spiro atoms. The van der Waals surface area contributed by atoms with Gasteiger partial charge in [-0.3, -0.25) is 14.7 Å². The third kappa shape index (κ3) is 6.12. The summed E-state index contributed by atoms with van der Waals surface area (Å²) in [4.78, 5) is 34.9. The monoisotopic (exact) mass is 627 g/mol. The smallest absolute Gasteiger partial charge is 0.326 e. The van der Waals surface area contributed by atoms with Crippen LogP contribution in [0.5, 0.6) is 11.5 Å². The summed E-state index contributed by atoms with van der Waals surface area (Å²) >= 11 is 12.4. The Bertz CT molecular complexity index is 1540. The van der Waals surface area contributed by atoms with Gasteiger partial charge < -0.3 is 19.7 Å². The number of nitriles is 1. The van der Waals surface area contributed by atoms with Gasteiger partial charge in [0, 0.05) is 29.2 Å². The van der Waals surface area contributed by atoms with Crippen molar-refractivity contribution in [1.82, 2.24) is 15.1 Å². The van der Waals surface area contributed by atoms with Crippen LogP contribution in [0.2, 0.25) is 10.0 Å². The highest BCUT2D eigenvalue weighted by Gasteiger charge is 2.45. The Kier molecular flexibility index (Phi) is 9.84. The highest BCUT2D eigenvalue weighted by molar-refractivity contribution is 6.30. The average molecular weight is 629 g/mol. The summed E-state index contributed by atoms with van der Waals surface area (Å²) in [6.07, 6.45) is 0. The fourth-order valence-corrected chi connectivity index (χ4v) is 5.33. The van der Waals surface area contributed by atoms with Crippen LogP contribution in [0.4, 0.5) is 4.79 Å². The molecule has 12 heteroatoms. The third-order valence-corrected chi connectivity index (χ3v) is 7.47. The molecule has 0 aliphatic carbocycles. The molecule has 5 rings (SSSR count). The van der Waals surface area contributed by atoms with Crippen LogP contribution in [-0.4, -0.2) is 60.9 Å². The number of amides is 3. The zero-order chi connectivity index (χ0) is 29.1. The van der Waals surface area contributed by atoms with Gasteiger partial charge in [0.25, 0.3) is 0 Å². The van der Waals surface area contributed by atoms with Crippen molar-refractivity contribution in [2.24, 2.45) is 4.99 Å². The summed E-state index contributed by atoms with van der Waals surface area (Å²) in [5.74, 6) is 0.810. The van der Waals surface area contributed by atoms with E-state index < -0.39 is 18.1 Å². The molecule has 0 saturated carbocycles. The molecule has 2 aliphatic rings. The minimum absolute atomic E-state index is 0. The number of aliphatic imine (C=N–C) groups is 1. The van der Waals surface area contributed by atoms with Crippen LogP contribution >= 0.6 is 35.6 Å². The zero-order valence-electron chi connectivity index (χ0n) is 22.8. The molecule has 1 N–H and O–H groups in total. The predicted molar refractivity (Wildman–Crippen MR) is 163 cm³/mol. The fraction of sp³-hybridized carbons (Fsp3) is 0.267. The molecule has 0 unspecified atom stereocenters. The number of hydrogen-bond acceptors (Lipinski definition) is 6. The van der Waals surface area contributed by atoms with Crippen molar-refractivity contribution in [1.29, 1.82) is 5.26 Å². The number of nitrogens with zero attached hydrogens (tertiary/aromatic N) is 4. The van der Waals surface area contributed by atoms with Gasteiger partial charge in [0.05, 0.1) is 30.9 Å². The molecule has 9 nitrogen and oxygen atoms in total. The molecule has 218 valence electrons. The lowest BCUT2D eigenvalue weighted by molar-refractivity contribution is -0.123. The highest BCUT2D eigenvalue weighted by atomic mass is 35.5. The molecule has 0 aromatic heterocycles. The molecule has 1 saturated heterocycles. The van der Waals surface area contributed by atoms with Gasteiger partial charge in [-0.15, -0.1) is 12.4 Å². The number of piperazine rings is 1. The van der Waals surface area contributed by atoms with Crippen molar-refractivity contribution < 1.29 is 19.1 Å². The lowest BCUT2D eigenvalue weighted by atomic mass is 9.93. The van der Waals surface area contributed by atoms with E-state index in [1.54, 1.807) is 41.3 Å². The van der Waals surface area contributed by atoms with Crippen molar-refractivity contribution in [2.75, 3.05) is 33.4 Å². The van der Waals surface area contributed by atoms with E-state index in [-0.39, 0.29) is 30.4 Å². The zero-order valence-corrected chi connectivity index (χ0v) is 25.2. The van der Waals surface area contributed by atoms with Crippen molar-refractivity contribution in [3.63, 3.8) is 0 Å². The van der Waals surface area contributed by atoms with Crippen molar-refractivity contribution >= 4 is 53.4 Å². The minimum atomic E-state index is -0.608. The van der Waals surface area contributed by atoms with Crippen LogP contribution < -0.4 is 14.8 Å². The quantitative estimate of drug-likeness (QED) is 0.372. The fourth-order valence-electron chi connectivity index (χ4n) is 5.08. The van der Waals surface area contributed by atoms with Crippen molar-refractivity contribution in [2.45, 2.75) is 19.0 Å². The average Bonchev–Trinajstić information content (AvgIpc) is 3.37. The van der Waals surface area contributed by atoms with Gasteiger partial charge in [0.2, 0.25) is 5.91 Å². The maximum atomic E-state index is 14.4. The van der Waals surface area contributed by atoms with Crippen LogP contribution in [0.25, 0.3) is 0 Å². The number of benzene rings is 3. The number of halogens is 3. The Labute approximate surface area is 260 Å². The normalized spacial score (nSPS) is 18.0. The number of methoxy groups -OCH3 is 1. The first-order valence-corrected chi connectivity index (χ1v) is 13.8. The number of hydrogen-bond donors (Lipinski definition) is 1. The molecule has 42 heavy (non-hydrogen) atoms. The topological polar surface area (TPSA) is 107 Å². The van der Waals surface area contributed by atoms with Gasteiger partial charge in [0.15, 0.2) is 0 Å². The molecule has 0 radical (unpaired) electrons. The second kappa shape index (κ2) is 13.3. The van der Waals surface area contributed by atoms with Crippen LogP contribution in [0.3, 0.4) is 0 Å². The number of urea groups is 1. The molecular weight excluding hydrogens is 601 g/mol. The molecule has 2 aliphatic heterocycles. The molecular formula is C30H28Cl3N5O4. The van der Waals surface area contributed by atoms with E-state index in [2.05, 4.69) is 11.4 Å². The van der Waals surface area contributed by atoms with E-state index in [0.717, 1.165) is 11.1 Å². The second-order valence-electron chi connectivity index (χ2n) is 9.46. The number of ether oxygens (including phenoxy) is 2. The highest BCUT2D eigenvalue weighted by Crippen LogP contribution is 2.46. The Morgan fingerprint density at radius 3 is 2.29 bits per heavy atom. The maximum absolute atomic E-state index is 14.4. The number of amidine groups is 1. The largest absolute Gasteiger partial charge is 0.495 e. The van der Waals surface area contributed by atoms with Crippen LogP contribution in [0, 0.1) is 11.3 Å². The SMILES string of the molecule is CCOc1cc(OC)c(C#N)cc1C1=N[C@@H](c2ccc(Cl)cc2)[C@@H](c2ccc(Cl)cc2)N1C(=O)N1CCNC(=O)C1.Cl. The predicted octanol–water partition coefficient (Wildman–Crippen LogP) is 5.79. The molecule has 0 bridgehead atoms. The van der Waals surface area contributed by atoms with Gasteiger partial charge in [-0.05, 0) is 48.4 Å². The molecule has 2 heterocycles. The van der Waals surface area contributed by atoms with Gasteiger partial charge in [-0.2, -0.15) is 5.26 Å². The molecule has 3 aromatic carbocycles. The molecule has 3 aromatic rings. The Morgan fingerprint density at radius 1 is 1.07 bits per heavy atom. The summed E-state index contributed by atoms with van der Waals surface area (Å²) in [5, 5.41) is 13.8. The number of carbonyl (C=O) groups excluding carboxylic acids is 2. The first-order chi connectivity index (χ1) is 19.8. The standard InChI is InChI=1S/C30H27Cl2N5O4.ClH/c1-3-41-25-15-24(40-2)20(16-33)14-23(25)29-35-27(18-4-8-21(31)9-5-18)28(19-6-10-22(32)11-7-19)37(29)30(39)36-13-12-34-26(38)17-36;/h4-11,14-15,27-28H,3,12-13,17H2,1-2H3,(H,34,38);1H/t27-,28+;/m0./s1. The van der Waals surface area contributed by atoms with Crippen LogP contribution in [0.1, 0.15) is 41.3 Å². The lowest BCUT2D eigenvalue weighted by Gasteiger charge is -2.35. The Morgan fingerprint density at radius 2 is 1.71 bits per heavy atom. The van der Waals surface area contributed by atoms with E-state index in [1.807, 2.05) is 31.2 Å². The first kappa shape index (κ1) is 31.0. The molecule has 2 atom stereocenters. The van der Waals surface area contributed by atoms with E-state index in [9.17, 15) is 14.9 Å². The Balaban J connectivity index is 0.00000405. The maximum Gasteiger partial charge on any atom is 0.326 e. The Hall–Kier alpha value is -3.97. The second-order valence-corrected chi connectivity index (χ2v) is 10.3. The molecule has 1 fully saturated rings. The van der Waals surface area contributed by atoms with E-state index in [0.29, 0.717) is 52.6 Å². The third-order valence-electron chi connectivity index (χ3n) is 6.97. The minimum Gasteiger partial charge on any atom is -0.495 e. The number of nitrogens with one attached hydrogen (secondary N) is 1. The van der Waals surface area contributed by atoms with Crippen molar-refractivity contribution in [3.05, 3.63) is 93.0 Å². The summed E-state index contributed by atoms with van der Waals surface area (Å²) in [7, 11) is 1.48. The van der Waals surface area contributed by atoms with Gasteiger partial charge >= 0.3 is 6.03 Å². The van der Waals surface area contributed by atoms with Gasteiger partial charge in [0.1, 0.15) is 36.0 Å². The lowest BCUT2D eigenvalue weighted by Crippen LogP contribution is -2.55. The summed E-state index contributed by atoms with van der Waals surface area (Å²) in [6.45, 7) is 2.75. The van der Waals surface area contributed by atoms with Crippen LogP contribution in [-0.2, 0) is 4.79 Å². The van der Waals surface area contributed by atoms with Crippen LogP contribution in [0.15, 0.2) is 65.7 Å². The van der Waals surface area contributed by atoms with E-state index >= 15 is 0 Å². The van der Waals surface area contributed by atoms with E-state index in [4.69, 9.17) is 37.7 Å². The summed E-state index contributed by atoms with van der Waals surface area (Å²) < 4.78 is 11.4. The number of carbonyl (C=O) groups is 2. The first-order valence-electron chi connectivity index (χ1n) is 13.0. The summed E-state index contributed by atoms with van der Waals surface area (Å²) in [5.41, 5.74) is 2.33. The van der Waals surface area contributed by atoms with Crippen molar-refractivity contribution in [3.8, 4) is 17.6 Å². The number of rotatable bonds is 6.